The van der Waals surface area contributed by atoms with Crippen LogP contribution in [-0.2, 0) is 0 Å². The standard InChI is InChI=1S/C14H8/c1-2-6-12-10-14-8-4-3-7-13(14)9-11(12)5-1/h1-6,9-10H. The highest BCUT2D eigenvalue weighted by Gasteiger charge is 1.92. The van der Waals surface area contributed by atoms with Crippen LogP contribution in [0.1, 0.15) is 0 Å². The van der Waals surface area contributed by atoms with Crippen LogP contribution in [0.5, 0.6) is 0 Å². The van der Waals surface area contributed by atoms with E-state index in [2.05, 4.69) is 47.9 Å². The number of fused-ring (bicyclic) bond motifs is 2. The van der Waals surface area contributed by atoms with Gasteiger partial charge in [0.1, 0.15) is 0 Å². The summed E-state index contributed by atoms with van der Waals surface area (Å²) >= 11 is 0. The number of benzene rings is 2. The first-order valence-electron chi connectivity index (χ1n) is 4.64. The summed E-state index contributed by atoms with van der Waals surface area (Å²) in [6.45, 7) is 0. The van der Waals surface area contributed by atoms with E-state index in [0.717, 1.165) is 10.4 Å². The Morgan fingerprint density at radius 2 is 1.21 bits per heavy atom. The molecule has 0 saturated carbocycles. The second kappa shape index (κ2) is 2.75. The monoisotopic (exact) mass is 176 g/mol. The van der Waals surface area contributed by atoms with Crippen LogP contribution in [0.2, 0.25) is 0 Å². The number of hydrogen-bond acceptors (Lipinski definition) is 0. The molecule has 2 aromatic rings. The van der Waals surface area contributed by atoms with E-state index < -0.39 is 0 Å². The Balaban J connectivity index is 2.66. The zero-order chi connectivity index (χ0) is 9.38. The van der Waals surface area contributed by atoms with Crippen LogP contribution in [-0.4, -0.2) is 0 Å². The maximum Gasteiger partial charge on any atom is 0.0321 e. The molecule has 3 rings (SSSR count). The van der Waals surface area contributed by atoms with Crippen molar-refractivity contribution in [2.45, 2.75) is 0 Å². The van der Waals surface area contributed by atoms with E-state index in [4.69, 9.17) is 0 Å². The fraction of sp³-hybridized carbons (Fsp3) is 0. The van der Waals surface area contributed by atoms with E-state index in [9.17, 15) is 0 Å². The van der Waals surface area contributed by atoms with Gasteiger partial charge in [-0.3, -0.25) is 0 Å². The maximum absolute atomic E-state index is 3.21. The van der Waals surface area contributed by atoms with Crippen LogP contribution in [0.25, 0.3) is 22.2 Å². The minimum absolute atomic E-state index is 1.13. The van der Waals surface area contributed by atoms with Gasteiger partial charge in [-0.05, 0) is 35.1 Å². The summed E-state index contributed by atoms with van der Waals surface area (Å²) in [5, 5.41) is 4.78. The van der Waals surface area contributed by atoms with Crippen molar-refractivity contribution in [1.29, 1.82) is 0 Å². The average molecular weight is 176 g/mol. The van der Waals surface area contributed by atoms with Gasteiger partial charge in [0.05, 0.1) is 0 Å². The van der Waals surface area contributed by atoms with Crippen molar-refractivity contribution in [2.24, 2.45) is 0 Å². The molecule has 0 amide bonds. The van der Waals surface area contributed by atoms with Gasteiger partial charge in [-0.25, -0.2) is 0 Å². The molecule has 1 aliphatic carbocycles. The molecule has 0 aromatic heterocycles. The Bertz CT molecular complexity index is 630. The smallest absolute Gasteiger partial charge is 0.0321 e. The van der Waals surface area contributed by atoms with Gasteiger partial charge in [0.25, 0.3) is 0 Å². The molecule has 0 radical (unpaired) electrons. The summed E-state index contributed by atoms with van der Waals surface area (Å²) in [7, 11) is 0. The lowest BCUT2D eigenvalue weighted by molar-refractivity contribution is 1.57. The third kappa shape index (κ3) is 1.03. The highest BCUT2D eigenvalue weighted by Crippen LogP contribution is 2.07. The third-order valence-electron chi connectivity index (χ3n) is 2.45. The molecular formula is C14H8. The predicted molar refractivity (Wildman–Crippen MR) is 59.2 cm³/mol. The van der Waals surface area contributed by atoms with Crippen molar-refractivity contribution in [1.82, 2.24) is 0 Å². The SMILES string of the molecule is C1=CC=C=c2cc3ccccc3cc2=1. The molecule has 1 aliphatic rings. The fourth-order valence-corrected chi connectivity index (χ4v) is 1.74. The predicted octanol–water partition coefficient (Wildman–Crippen LogP) is 1.72. The molecule has 0 saturated heterocycles. The average Bonchev–Trinajstić information content (AvgIpc) is 2.26. The minimum atomic E-state index is 1.13. The number of rotatable bonds is 0. The van der Waals surface area contributed by atoms with Crippen molar-refractivity contribution in [3.8, 4) is 0 Å². The first-order chi connectivity index (χ1) is 6.93. The zero-order valence-electron chi connectivity index (χ0n) is 7.62. The van der Waals surface area contributed by atoms with Crippen LogP contribution in [0.4, 0.5) is 0 Å². The molecule has 0 heterocycles. The molecule has 0 aliphatic heterocycles. The Kier molecular flexibility index (Phi) is 1.46. The van der Waals surface area contributed by atoms with E-state index in [0.29, 0.717) is 0 Å². The molecule has 0 unspecified atom stereocenters. The number of allylic oxidation sites excluding steroid dienone is 2. The highest BCUT2D eigenvalue weighted by molar-refractivity contribution is 5.82. The van der Waals surface area contributed by atoms with E-state index in [1.165, 1.54) is 10.8 Å². The lowest BCUT2D eigenvalue weighted by Gasteiger charge is -1.96. The number of hydrogen-bond donors (Lipinski definition) is 0. The van der Waals surface area contributed by atoms with Crippen molar-refractivity contribution >= 4 is 22.2 Å². The summed E-state index contributed by atoms with van der Waals surface area (Å²) < 4.78 is 0. The third-order valence-corrected chi connectivity index (χ3v) is 2.45. The van der Waals surface area contributed by atoms with Crippen LogP contribution >= 0.6 is 0 Å². The molecule has 64 valence electrons. The molecule has 0 N–H and O–H groups in total. The van der Waals surface area contributed by atoms with Gasteiger partial charge in [0.15, 0.2) is 0 Å². The van der Waals surface area contributed by atoms with E-state index in [-0.39, 0.29) is 0 Å². The quantitative estimate of drug-likeness (QED) is 0.573. The normalized spacial score (nSPS) is 12.0. The van der Waals surface area contributed by atoms with E-state index >= 15 is 0 Å². The Labute approximate surface area is 81.8 Å². The van der Waals surface area contributed by atoms with Gasteiger partial charge in [-0.1, -0.05) is 24.3 Å². The summed E-state index contributed by atoms with van der Waals surface area (Å²) in [5.74, 6) is 0. The van der Waals surface area contributed by atoms with Gasteiger partial charge in [0.2, 0.25) is 0 Å². The molecule has 2 aromatic carbocycles. The molecule has 0 bridgehead atoms. The lowest BCUT2D eigenvalue weighted by atomic mass is 10.1. The van der Waals surface area contributed by atoms with Crippen molar-refractivity contribution < 1.29 is 0 Å². The van der Waals surface area contributed by atoms with Gasteiger partial charge in [-0.15, -0.1) is 11.5 Å². The molecule has 0 fully saturated rings. The van der Waals surface area contributed by atoms with Crippen molar-refractivity contribution in [3.63, 3.8) is 0 Å². The van der Waals surface area contributed by atoms with Crippen LogP contribution in [0.15, 0.2) is 48.6 Å². The second-order valence-corrected chi connectivity index (χ2v) is 3.37. The minimum Gasteiger partial charge on any atom is -0.111 e. The topological polar surface area (TPSA) is 0 Å². The van der Waals surface area contributed by atoms with E-state index in [1.54, 1.807) is 0 Å². The lowest BCUT2D eigenvalue weighted by Crippen LogP contribution is -2.22. The van der Waals surface area contributed by atoms with Gasteiger partial charge in [-0.2, -0.15) is 0 Å². The Morgan fingerprint density at radius 3 is 1.71 bits per heavy atom. The van der Waals surface area contributed by atoms with Crippen LogP contribution in [0.3, 0.4) is 0 Å². The maximum atomic E-state index is 3.21. The molecular weight excluding hydrogens is 168 g/mol. The second-order valence-electron chi connectivity index (χ2n) is 3.37. The zero-order valence-corrected chi connectivity index (χ0v) is 7.62. The van der Waals surface area contributed by atoms with Crippen LogP contribution in [0, 0.1) is 0 Å². The summed E-state index contributed by atoms with van der Waals surface area (Å²) in [4.78, 5) is 0. The highest BCUT2D eigenvalue weighted by atomic mass is 14.0. The molecule has 0 atom stereocenters. The largest absolute Gasteiger partial charge is 0.111 e. The van der Waals surface area contributed by atoms with Gasteiger partial charge >= 0.3 is 0 Å². The Morgan fingerprint density at radius 1 is 0.714 bits per heavy atom. The molecule has 0 heteroatoms. The van der Waals surface area contributed by atoms with Gasteiger partial charge < -0.3 is 0 Å². The van der Waals surface area contributed by atoms with Gasteiger partial charge in [0, 0.05) is 10.4 Å². The Hall–Kier alpha value is -2.00. The molecule has 14 heavy (non-hydrogen) atoms. The fourth-order valence-electron chi connectivity index (χ4n) is 1.74. The summed E-state index contributed by atoms with van der Waals surface area (Å²) in [6, 6.07) is 12.7. The first-order valence-corrected chi connectivity index (χ1v) is 4.64. The van der Waals surface area contributed by atoms with Crippen molar-refractivity contribution in [3.05, 3.63) is 59.0 Å². The summed E-state index contributed by atoms with van der Waals surface area (Å²) in [5.41, 5.74) is 6.42. The summed E-state index contributed by atoms with van der Waals surface area (Å²) in [6.07, 6.45) is 3.80. The van der Waals surface area contributed by atoms with Crippen LogP contribution < -0.4 is 10.4 Å². The molecule has 0 spiro atoms. The molecule has 0 nitrogen and oxygen atoms in total. The van der Waals surface area contributed by atoms with Crippen molar-refractivity contribution in [2.75, 3.05) is 0 Å². The first kappa shape index (κ1) is 7.41. The van der Waals surface area contributed by atoms with E-state index in [1.807, 2.05) is 12.2 Å².